The van der Waals surface area contributed by atoms with Gasteiger partial charge in [0.1, 0.15) is 11.3 Å². The molecule has 0 saturated carbocycles. The van der Waals surface area contributed by atoms with Crippen molar-refractivity contribution in [3.8, 4) is 5.75 Å². The predicted molar refractivity (Wildman–Crippen MR) is 81.5 cm³/mol. The third kappa shape index (κ3) is 3.09. The molecule has 0 radical (unpaired) electrons. The van der Waals surface area contributed by atoms with Gasteiger partial charge in [0, 0.05) is 30.6 Å². The van der Waals surface area contributed by atoms with E-state index in [-0.39, 0.29) is 11.4 Å². The van der Waals surface area contributed by atoms with Crippen molar-refractivity contribution in [2.75, 3.05) is 26.7 Å². The van der Waals surface area contributed by atoms with Gasteiger partial charge in [0.05, 0.1) is 0 Å². The van der Waals surface area contributed by atoms with Crippen molar-refractivity contribution in [1.29, 1.82) is 0 Å². The fraction of sp³-hybridized carbons (Fsp3) is 0.438. The smallest absolute Gasteiger partial charge is 0.336 e. The molecule has 0 amide bonds. The maximum absolute atomic E-state index is 11.7. The van der Waals surface area contributed by atoms with E-state index in [2.05, 4.69) is 10.2 Å². The molecule has 3 rings (SSSR count). The summed E-state index contributed by atoms with van der Waals surface area (Å²) >= 11 is 0. The van der Waals surface area contributed by atoms with Gasteiger partial charge in [-0.3, -0.25) is 4.90 Å². The molecule has 112 valence electrons. The Labute approximate surface area is 123 Å². The van der Waals surface area contributed by atoms with E-state index in [0.29, 0.717) is 11.5 Å². The molecule has 1 aliphatic rings. The number of hydrogen-bond donors (Lipinski definition) is 2. The summed E-state index contributed by atoms with van der Waals surface area (Å²) < 4.78 is 5.16. The zero-order valence-corrected chi connectivity index (χ0v) is 12.1. The first kappa shape index (κ1) is 14.1. The number of phenolic OH excluding ortho intramolecular Hbond substituents is 1. The van der Waals surface area contributed by atoms with Gasteiger partial charge in [0.15, 0.2) is 0 Å². The van der Waals surface area contributed by atoms with Crippen LogP contribution in [0.1, 0.15) is 12.0 Å². The van der Waals surface area contributed by atoms with Crippen LogP contribution >= 0.6 is 0 Å². The van der Waals surface area contributed by atoms with Gasteiger partial charge in [0.2, 0.25) is 0 Å². The van der Waals surface area contributed by atoms with E-state index in [1.54, 1.807) is 12.1 Å². The minimum absolute atomic E-state index is 0.109. The van der Waals surface area contributed by atoms with E-state index in [4.69, 9.17) is 4.42 Å². The molecule has 21 heavy (non-hydrogen) atoms. The predicted octanol–water partition coefficient (Wildman–Crippen LogP) is 1.54. The van der Waals surface area contributed by atoms with Crippen molar-refractivity contribution < 1.29 is 9.52 Å². The number of nitrogens with zero attached hydrogens (tertiary/aromatic N) is 1. The van der Waals surface area contributed by atoms with Gasteiger partial charge in [-0.1, -0.05) is 0 Å². The molecule has 1 atom stereocenters. The minimum Gasteiger partial charge on any atom is -0.508 e. The molecule has 1 unspecified atom stereocenters. The Hall–Kier alpha value is -1.85. The molecule has 1 fully saturated rings. The molecule has 1 aliphatic heterocycles. The lowest BCUT2D eigenvalue weighted by Gasteiger charge is -2.17. The summed E-state index contributed by atoms with van der Waals surface area (Å²) in [5, 5.41) is 13.6. The highest BCUT2D eigenvalue weighted by Gasteiger charge is 2.22. The standard InChI is InChI=1S/C16H20N2O3/c1-17-8-11-4-5-18(9-11)10-12-6-16(20)21-15-7-13(19)2-3-14(12)15/h2-3,6-7,11,17,19H,4-5,8-10H2,1H3. The first-order chi connectivity index (χ1) is 10.2. The van der Waals surface area contributed by atoms with E-state index in [9.17, 15) is 9.90 Å². The lowest BCUT2D eigenvalue weighted by atomic mass is 10.1. The summed E-state index contributed by atoms with van der Waals surface area (Å²) in [5.41, 5.74) is 1.05. The van der Waals surface area contributed by atoms with Crippen molar-refractivity contribution in [3.63, 3.8) is 0 Å². The highest BCUT2D eigenvalue weighted by Crippen LogP contribution is 2.24. The Bertz CT molecular complexity index is 695. The summed E-state index contributed by atoms with van der Waals surface area (Å²) in [6.07, 6.45) is 1.18. The average Bonchev–Trinajstić information content (AvgIpc) is 2.85. The molecule has 2 aromatic rings. The SMILES string of the molecule is CNCC1CCN(Cc2cc(=O)oc3cc(O)ccc23)C1. The van der Waals surface area contributed by atoms with Crippen molar-refractivity contribution in [2.45, 2.75) is 13.0 Å². The summed E-state index contributed by atoms with van der Waals surface area (Å²) in [6.45, 7) is 3.86. The number of aromatic hydroxyl groups is 1. The molecule has 0 bridgehead atoms. The number of likely N-dealkylation sites (tertiary alicyclic amines) is 1. The van der Waals surface area contributed by atoms with Crippen LogP contribution in [0.2, 0.25) is 0 Å². The van der Waals surface area contributed by atoms with Crippen molar-refractivity contribution in [1.82, 2.24) is 10.2 Å². The quantitative estimate of drug-likeness (QED) is 0.836. The Morgan fingerprint density at radius 3 is 3.10 bits per heavy atom. The third-order valence-electron chi connectivity index (χ3n) is 4.07. The molecular weight excluding hydrogens is 268 g/mol. The molecule has 5 heteroatoms. The fourth-order valence-electron chi connectivity index (χ4n) is 3.10. The first-order valence-electron chi connectivity index (χ1n) is 7.28. The zero-order valence-electron chi connectivity index (χ0n) is 12.1. The Balaban J connectivity index is 1.85. The maximum atomic E-state index is 11.7. The molecule has 1 aromatic carbocycles. The van der Waals surface area contributed by atoms with Gasteiger partial charge in [-0.25, -0.2) is 4.79 Å². The second-order valence-corrected chi connectivity index (χ2v) is 5.72. The number of nitrogens with one attached hydrogen (secondary N) is 1. The van der Waals surface area contributed by atoms with E-state index in [0.717, 1.165) is 37.1 Å². The first-order valence-corrected chi connectivity index (χ1v) is 7.28. The second kappa shape index (κ2) is 5.87. The summed E-state index contributed by atoms with van der Waals surface area (Å²) in [5.74, 6) is 0.781. The van der Waals surface area contributed by atoms with E-state index in [1.807, 2.05) is 13.1 Å². The van der Waals surface area contributed by atoms with Crippen LogP contribution in [0, 0.1) is 5.92 Å². The van der Waals surface area contributed by atoms with Gasteiger partial charge in [-0.15, -0.1) is 0 Å². The van der Waals surface area contributed by atoms with Gasteiger partial charge < -0.3 is 14.8 Å². The number of rotatable bonds is 4. The molecule has 1 saturated heterocycles. The summed E-state index contributed by atoms with van der Waals surface area (Å²) in [4.78, 5) is 14.0. The van der Waals surface area contributed by atoms with Crippen LogP contribution in [0.25, 0.3) is 11.0 Å². The Morgan fingerprint density at radius 1 is 1.43 bits per heavy atom. The molecule has 0 aliphatic carbocycles. The molecule has 5 nitrogen and oxygen atoms in total. The van der Waals surface area contributed by atoms with Gasteiger partial charge in [-0.05, 0) is 50.2 Å². The maximum Gasteiger partial charge on any atom is 0.336 e. The van der Waals surface area contributed by atoms with Crippen LogP contribution in [0.4, 0.5) is 0 Å². The molecule has 1 aromatic heterocycles. The van der Waals surface area contributed by atoms with Crippen LogP contribution < -0.4 is 10.9 Å². The van der Waals surface area contributed by atoms with Gasteiger partial charge in [0.25, 0.3) is 0 Å². The Morgan fingerprint density at radius 2 is 2.29 bits per heavy atom. The van der Waals surface area contributed by atoms with Crippen molar-refractivity contribution in [2.24, 2.45) is 5.92 Å². The van der Waals surface area contributed by atoms with Crippen LogP contribution in [-0.2, 0) is 6.54 Å². The van der Waals surface area contributed by atoms with Gasteiger partial charge >= 0.3 is 5.63 Å². The number of phenols is 1. The van der Waals surface area contributed by atoms with E-state index >= 15 is 0 Å². The van der Waals surface area contributed by atoms with Crippen molar-refractivity contribution >= 4 is 11.0 Å². The van der Waals surface area contributed by atoms with E-state index in [1.165, 1.54) is 12.5 Å². The molecular formula is C16H20N2O3. The van der Waals surface area contributed by atoms with Crippen molar-refractivity contribution in [3.05, 3.63) is 40.2 Å². The van der Waals surface area contributed by atoms with Gasteiger partial charge in [-0.2, -0.15) is 0 Å². The number of hydrogen-bond acceptors (Lipinski definition) is 5. The average molecular weight is 288 g/mol. The minimum atomic E-state index is -0.367. The van der Waals surface area contributed by atoms with Crippen LogP contribution in [0.15, 0.2) is 33.5 Å². The Kier molecular flexibility index (Phi) is 3.94. The zero-order chi connectivity index (χ0) is 14.8. The van der Waals surface area contributed by atoms with Crippen LogP contribution in [0.3, 0.4) is 0 Å². The summed E-state index contributed by atoms with van der Waals surface area (Å²) in [6, 6.07) is 6.49. The van der Waals surface area contributed by atoms with Crippen LogP contribution in [-0.4, -0.2) is 36.7 Å². The van der Waals surface area contributed by atoms with E-state index < -0.39 is 0 Å². The largest absolute Gasteiger partial charge is 0.508 e. The lowest BCUT2D eigenvalue weighted by Crippen LogP contribution is -2.24. The van der Waals surface area contributed by atoms with Crippen LogP contribution in [0.5, 0.6) is 5.75 Å². The highest BCUT2D eigenvalue weighted by molar-refractivity contribution is 5.81. The number of fused-ring (bicyclic) bond motifs is 1. The highest BCUT2D eigenvalue weighted by atomic mass is 16.4. The lowest BCUT2D eigenvalue weighted by molar-refractivity contribution is 0.316. The summed E-state index contributed by atoms with van der Waals surface area (Å²) in [7, 11) is 1.98. The molecule has 0 spiro atoms. The number of benzene rings is 1. The second-order valence-electron chi connectivity index (χ2n) is 5.72. The monoisotopic (exact) mass is 288 g/mol. The third-order valence-corrected chi connectivity index (χ3v) is 4.07. The molecule has 2 heterocycles. The molecule has 2 N–H and O–H groups in total. The fourth-order valence-corrected chi connectivity index (χ4v) is 3.10. The topological polar surface area (TPSA) is 65.7 Å². The normalized spacial score (nSPS) is 19.4.